The SMILES string of the molecule is O=C(Oc1ccccc1)Oc1ccc(C(=O)Nc2cc(NC(=O)c3ccc(OC(=O)Oc4ccccc4)cc3)nc(NC(=O)c3ccc(OC(=O)Oc4ccccc4)cc3)n2)cc1. The number of benzene rings is 6. The molecule has 0 unspecified atom stereocenters. The van der Waals surface area contributed by atoms with Crippen LogP contribution in [0.2, 0.25) is 0 Å². The summed E-state index contributed by atoms with van der Waals surface area (Å²) in [6, 6.07) is 42.7. The highest BCUT2D eigenvalue weighted by molar-refractivity contribution is 6.07. The number of nitrogens with zero attached hydrogens (tertiary/aromatic N) is 2. The zero-order valence-corrected chi connectivity index (χ0v) is 32.5. The van der Waals surface area contributed by atoms with Crippen molar-refractivity contribution in [2.24, 2.45) is 0 Å². The monoisotopic (exact) mass is 845 g/mol. The maximum absolute atomic E-state index is 13.4. The van der Waals surface area contributed by atoms with Crippen molar-refractivity contribution < 1.29 is 57.2 Å². The van der Waals surface area contributed by atoms with Gasteiger partial charge in [0.15, 0.2) is 0 Å². The van der Waals surface area contributed by atoms with Gasteiger partial charge in [-0.3, -0.25) is 19.7 Å². The predicted octanol–water partition coefficient (Wildman–Crippen LogP) is 8.97. The molecule has 3 N–H and O–H groups in total. The molecule has 0 spiro atoms. The van der Waals surface area contributed by atoms with E-state index in [4.69, 9.17) is 28.4 Å². The molecule has 17 nitrogen and oxygen atoms in total. The Hall–Kier alpha value is -9.38. The molecule has 7 rings (SSSR count). The second-order valence-electron chi connectivity index (χ2n) is 12.7. The maximum atomic E-state index is 13.4. The molecule has 63 heavy (non-hydrogen) atoms. The summed E-state index contributed by atoms with van der Waals surface area (Å²) in [6.07, 6.45) is -2.95. The fourth-order valence-electron chi connectivity index (χ4n) is 5.31. The van der Waals surface area contributed by atoms with E-state index in [-0.39, 0.29) is 68.8 Å². The number of para-hydroxylation sites is 3. The summed E-state index contributed by atoms with van der Waals surface area (Å²) >= 11 is 0. The molecule has 1 aromatic heterocycles. The fourth-order valence-corrected chi connectivity index (χ4v) is 5.31. The first-order chi connectivity index (χ1) is 30.6. The highest BCUT2D eigenvalue weighted by Crippen LogP contribution is 2.22. The lowest BCUT2D eigenvalue weighted by Gasteiger charge is -2.12. The van der Waals surface area contributed by atoms with Crippen molar-refractivity contribution in [2.45, 2.75) is 0 Å². The highest BCUT2D eigenvalue weighted by atomic mass is 16.7. The number of hydrogen-bond acceptors (Lipinski definition) is 14. The van der Waals surface area contributed by atoms with Crippen molar-refractivity contribution in [1.29, 1.82) is 0 Å². The Bertz CT molecular complexity index is 2420. The molecule has 312 valence electrons. The second-order valence-corrected chi connectivity index (χ2v) is 12.7. The van der Waals surface area contributed by atoms with Crippen LogP contribution in [0.3, 0.4) is 0 Å². The normalized spacial score (nSPS) is 10.3. The predicted molar refractivity (Wildman–Crippen MR) is 224 cm³/mol. The van der Waals surface area contributed by atoms with Gasteiger partial charge in [0, 0.05) is 22.8 Å². The van der Waals surface area contributed by atoms with Gasteiger partial charge in [0.1, 0.15) is 46.1 Å². The Labute approximate surface area is 357 Å². The van der Waals surface area contributed by atoms with E-state index in [2.05, 4.69) is 25.9 Å². The van der Waals surface area contributed by atoms with E-state index >= 15 is 0 Å². The molecule has 0 saturated heterocycles. The molecule has 0 aliphatic rings. The van der Waals surface area contributed by atoms with Crippen LogP contribution in [-0.2, 0) is 0 Å². The lowest BCUT2D eigenvalue weighted by Crippen LogP contribution is -2.19. The first-order valence-corrected chi connectivity index (χ1v) is 18.6. The van der Waals surface area contributed by atoms with Crippen molar-refractivity contribution in [1.82, 2.24) is 9.97 Å². The summed E-state index contributed by atoms with van der Waals surface area (Å²) in [4.78, 5) is 85.2. The number of amides is 3. The molecule has 7 aromatic rings. The molecule has 0 fully saturated rings. The summed E-state index contributed by atoms with van der Waals surface area (Å²) in [5, 5.41) is 7.72. The number of aromatic nitrogens is 2. The summed E-state index contributed by atoms with van der Waals surface area (Å²) < 4.78 is 30.9. The molecule has 3 amide bonds. The van der Waals surface area contributed by atoms with Gasteiger partial charge in [0.05, 0.1) is 0 Å². The van der Waals surface area contributed by atoms with Crippen LogP contribution in [0, 0.1) is 0 Å². The third-order valence-electron chi connectivity index (χ3n) is 8.22. The van der Waals surface area contributed by atoms with Crippen LogP contribution < -0.4 is 44.4 Å². The Morgan fingerprint density at radius 1 is 0.317 bits per heavy atom. The van der Waals surface area contributed by atoms with Gasteiger partial charge < -0.3 is 39.1 Å². The molecule has 0 radical (unpaired) electrons. The number of hydrogen-bond donors (Lipinski definition) is 3. The summed E-state index contributed by atoms with van der Waals surface area (Å²) in [5.41, 5.74) is 0.351. The third-order valence-corrected chi connectivity index (χ3v) is 8.22. The van der Waals surface area contributed by atoms with Crippen LogP contribution in [0.5, 0.6) is 34.5 Å². The van der Waals surface area contributed by atoms with Gasteiger partial charge in [-0.15, -0.1) is 0 Å². The summed E-state index contributed by atoms with van der Waals surface area (Å²) in [5.74, 6) is -1.46. The average Bonchev–Trinajstić information content (AvgIpc) is 3.28. The summed E-state index contributed by atoms with van der Waals surface area (Å²) in [7, 11) is 0. The lowest BCUT2D eigenvalue weighted by atomic mass is 10.2. The van der Waals surface area contributed by atoms with Gasteiger partial charge in [0.25, 0.3) is 17.7 Å². The first-order valence-electron chi connectivity index (χ1n) is 18.6. The fraction of sp³-hybridized carbons (Fsp3) is 0. The van der Waals surface area contributed by atoms with Crippen molar-refractivity contribution in [2.75, 3.05) is 16.0 Å². The molecule has 0 aliphatic carbocycles. The number of nitrogens with one attached hydrogen (secondary N) is 3. The zero-order valence-electron chi connectivity index (χ0n) is 32.5. The van der Waals surface area contributed by atoms with Gasteiger partial charge in [-0.25, -0.2) is 14.4 Å². The number of anilines is 3. The molecule has 17 heteroatoms. The standard InChI is InChI=1S/C46H31N5O12/c52-40(29-16-22-35(23-17-29)61-44(55)58-32-10-4-1-5-11-32)47-38-28-39(48-41(53)30-18-24-36(25-19-30)62-45(56)59-33-12-6-2-7-13-33)50-43(49-38)51-42(54)31-20-26-37(27-21-31)63-46(57)60-34-14-8-3-9-15-34/h1-28H,(H3,47,48,49,50,51,52,53,54). The molecule has 6 aromatic carbocycles. The van der Waals surface area contributed by atoms with Gasteiger partial charge in [-0.2, -0.15) is 9.97 Å². The molecule has 0 saturated carbocycles. The third kappa shape index (κ3) is 12.3. The molecular weight excluding hydrogens is 815 g/mol. The van der Waals surface area contributed by atoms with Gasteiger partial charge in [-0.05, 0) is 109 Å². The van der Waals surface area contributed by atoms with E-state index in [1.807, 2.05) is 0 Å². The van der Waals surface area contributed by atoms with Gasteiger partial charge in [0.2, 0.25) is 5.95 Å². The summed E-state index contributed by atoms with van der Waals surface area (Å²) in [6.45, 7) is 0. The Balaban J connectivity index is 1.03. The molecule has 1 heterocycles. The van der Waals surface area contributed by atoms with E-state index in [9.17, 15) is 28.8 Å². The second kappa shape index (κ2) is 20.1. The maximum Gasteiger partial charge on any atom is 0.519 e. The van der Waals surface area contributed by atoms with E-state index in [0.717, 1.165) is 0 Å². The van der Waals surface area contributed by atoms with Crippen LogP contribution in [0.15, 0.2) is 170 Å². The van der Waals surface area contributed by atoms with E-state index < -0.39 is 36.2 Å². The Morgan fingerprint density at radius 2 is 0.571 bits per heavy atom. The Morgan fingerprint density at radius 3 is 0.857 bits per heavy atom. The minimum Gasteiger partial charge on any atom is -0.395 e. The molecule has 0 bridgehead atoms. The lowest BCUT2D eigenvalue weighted by molar-refractivity contribution is 0.101. The van der Waals surface area contributed by atoms with Crippen LogP contribution in [0.1, 0.15) is 31.1 Å². The molecular formula is C46H31N5O12. The number of ether oxygens (including phenoxy) is 6. The first kappa shape index (κ1) is 41.8. The van der Waals surface area contributed by atoms with Crippen LogP contribution in [0.4, 0.5) is 32.0 Å². The molecule has 0 aliphatic heterocycles. The van der Waals surface area contributed by atoms with E-state index in [1.165, 1.54) is 78.9 Å². The van der Waals surface area contributed by atoms with Gasteiger partial charge in [-0.1, -0.05) is 54.6 Å². The van der Waals surface area contributed by atoms with Gasteiger partial charge >= 0.3 is 18.5 Å². The van der Waals surface area contributed by atoms with E-state index in [0.29, 0.717) is 0 Å². The van der Waals surface area contributed by atoms with Crippen molar-refractivity contribution in [3.05, 3.63) is 187 Å². The topological polar surface area (TPSA) is 220 Å². The van der Waals surface area contributed by atoms with Crippen LogP contribution in [0.25, 0.3) is 0 Å². The van der Waals surface area contributed by atoms with Crippen molar-refractivity contribution in [3.8, 4) is 34.5 Å². The minimum atomic E-state index is -0.985. The highest BCUT2D eigenvalue weighted by Gasteiger charge is 2.17. The number of carbonyl (C=O) groups is 6. The quantitative estimate of drug-likeness (QED) is 0.0772. The van der Waals surface area contributed by atoms with Crippen LogP contribution in [-0.4, -0.2) is 46.2 Å². The average molecular weight is 846 g/mol. The minimum absolute atomic E-state index is 0.0943. The zero-order chi connectivity index (χ0) is 44.0. The number of rotatable bonds is 12. The smallest absolute Gasteiger partial charge is 0.395 e. The van der Waals surface area contributed by atoms with Crippen molar-refractivity contribution >= 4 is 53.8 Å². The van der Waals surface area contributed by atoms with Crippen LogP contribution >= 0.6 is 0 Å². The van der Waals surface area contributed by atoms with E-state index in [1.54, 1.807) is 91.0 Å². The molecule has 0 atom stereocenters. The largest absolute Gasteiger partial charge is 0.519 e. The Kier molecular flexibility index (Phi) is 13.3. The number of carbonyl (C=O) groups excluding carboxylic acids is 6. The van der Waals surface area contributed by atoms with Crippen molar-refractivity contribution in [3.63, 3.8) is 0 Å².